The number of halogens is 1. The molecule has 0 radical (unpaired) electrons. The summed E-state index contributed by atoms with van der Waals surface area (Å²) in [6.07, 6.45) is 1.41. The van der Waals surface area contributed by atoms with Crippen LogP contribution >= 0.6 is 11.6 Å². The fraction of sp³-hybridized carbons (Fsp3) is 0.368. The van der Waals surface area contributed by atoms with Crippen molar-refractivity contribution in [2.75, 3.05) is 31.6 Å². The van der Waals surface area contributed by atoms with Gasteiger partial charge >= 0.3 is 0 Å². The van der Waals surface area contributed by atoms with E-state index >= 15 is 0 Å². The first kappa shape index (κ1) is 20.0. The van der Waals surface area contributed by atoms with Crippen LogP contribution in [0, 0.1) is 0 Å². The molecule has 2 heterocycles. The largest absolute Gasteiger partial charge is 0.382 e. The zero-order valence-corrected chi connectivity index (χ0v) is 16.4. The molecule has 0 saturated heterocycles. The molecule has 9 heteroatoms. The Bertz CT molecular complexity index is 930. The molecule has 8 nitrogen and oxygen atoms in total. The van der Waals surface area contributed by atoms with Crippen LogP contribution in [0.2, 0.25) is 5.02 Å². The van der Waals surface area contributed by atoms with Crippen LogP contribution in [0.5, 0.6) is 0 Å². The van der Waals surface area contributed by atoms with Crippen molar-refractivity contribution in [3.8, 4) is 0 Å². The maximum absolute atomic E-state index is 12.2. The topological polar surface area (TPSA) is 93.4 Å². The highest BCUT2D eigenvalue weighted by molar-refractivity contribution is 6.30. The molecule has 0 spiro atoms. The van der Waals surface area contributed by atoms with Gasteiger partial charge in [0, 0.05) is 43.3 Å². The molecular formula is C19H23ClN6O2. The molecule has 0 atom stereocenters. The molecule has 0 saturated carbocycles. The van der Waals surface area contributed by atoms with Gasteiger partial charge in [0.1, 0.15) is 5.82 Å². The van der Waals surface area contributed by atoms with Crippen LogP contribution in [0.15, 0.2) is 36.4 Å². The molecule has 28 heavy (non-hydrogen) atoms. The number of hydrogen-bond acceptors (Lipinski definition) is 6. The predicted molar refractivity (Wildman–Crippen MR) is 108 cm³/mol. The Labute approximate surface area is 168 Å². The number of nitrogens with one attached hydrogen (secondary N) is 2. The van der Waals surface area contributed by atoms with Gasteiger partial charge in [0.2, 0.25) is 0 Å². The fourth-order valence-corrected chi connectivity index (χ4v) is 2.83. The van der Waals surface area contributed by atoms with E-state index in [-0.39, 0.29) is 5.91 Å². The number of ether oxygens (including phenoxy) is 1. The van der Waals surface area contributed by atoms with E-state index in [2.05, 4.69) is 25.9 Å². The van der Waals surface area contributed by atoms with Gasteiger partial charge in [0.05, 0.1) is 0 Å². The minimum Gasteiger partial charge on any atom is -0.382 e. The highest BCUT2D eigenvalue weighted by Crippen LogP contribution is 2.11. The molecule has 0 aliphatic rings. The van der Waals surface area contributed by atoms with E-state index in [1.807, 2.05) is 19.1 Å². The lowest BCUT2D eigenvalue weighted by atomic mass is 10.2. The van der Waals surface area contributed by atoms with E-state index in [4.69, 9.17) is 16.3 Å². The van der Waals surface area contributed by atoms with E-state index in [0.717, 1.165) is 32.0 Å². The molecule has 0 unspecified atom stereocenters. The van der Waals surface area contributed by atoms with Crippen molar-refractivity contribution in [1.82, 2.24) is 25.1 Å². The van der Waals surface area contributed by atoms with Gasteiger partial charge in [-0.15, -0.1) is 15.3 Å². The first-order chi connectivity index (χ1) is 13.7. The van der Waals surface area contributed by atoms with Gasteiger partial charge in [0.15, 0.2) is 11.5 Å². The summed E-state index contributed by atoms with van der Waals surface area (Å²) >= 11 is 5.92. The second-order valence-corrected chi connectivity index (χ2v) is 6.53. The predicted octanol–water partition coefficient (Wildman–Crippen LogP) is 2.59. The van der Waals surface area contributed by atoms with Gasteiger partial charge < -0.3 is 15.4 Å². The van der Waals surface area contributed by atoms with Crippen LogP contribution in [-0.2, 0) is 11.2 Å². The number of carbonyl (C=O) groups excluding carboxylic acids is 1. The third-order valence-electron chi connectivity index (χ3n) is 4.02. The summed E-state index contributed by atoms with van der Waals surface area (Å²) in [6.45, 7) is 4.61. The molecular weight excluding hydrogens is 380 g/mol. The number of carbonyl (C=O) groups is 1. The molecule has 0 fully saturated rings. The van der Waals surface area contributed by atoms with Gasteiger partial charge in [-0.3, -0.25) is 4.79 Å². The quantitative estimate of drug-likeness (QED) is 0.506. The van der Waals surface area contributed by atoms with Gasteiger partial charge in [0.25, 0.3) is 5.91 Å². The Morgan fingerprint density at radius 3 is 2.93 bits per heavy atom. The summed E-state index contributed by atoms with van der Waals surface area (Å²) in [5.74, 6) is 1.24. The zero-order chi connectivity index (χ0) is 19.8. The van der Waals surface area contributed by atoms with Crippen LogP contribution in [0.3, 0.4) is 0 Å². The van der Waals surface area contributed by atoms with Crippen molar-refractivity contribution in [2.45, 2.75) is 19.8 Å². The minimum absolute atomic E-state index is 0.180. The standard InChI is InChI=1S/C19H23ClN6O2/c1-2-28-12-4-10-21-16-7-8-17-23-24-18(26(17)25-16)9-11-22-19(27)14-5-3-6-15(20)13-14/h3,5-8,13H,2,4,9-12H2,1H3,(H,21,25)(H,22,27). The smallest absolute Gasteiger partial charge is 0.251 e. The van der Waals surface area contributed by atoms with Gasteiger partial charge in [-0.05, 0) is 43.7 Å². The van der Waals surface area contributed by atoms with Crippen molar-refractivity contribution in [2.24, 2.45) is 0 Å². The lowest BCUT2D eigenvalue weighted by Gasteiger charge is -2.07. The molecule has 1 aromatic carbocycles. The summed E-state index contributed by atoms with van der Waals surface area (Å²) in [7, 11) is 0. The molecule has 0 aliphatic carbocycles. The van der Waals surface area contributed by atoms with E-state index in [1.54, 1.807) is 28.8 Å². The van der Waals surface area contributed by atoms with Crippen LogP contribution in [-0.4, -0.2) is 52.0 Å². The lowest BCUT2D eigenvalue weighted by molar-refractivity contribution is 0.0954. The SMILES string of the molecule is CCOCCCNc1ccc2nnc(CCNC(=O)c3cccc(Cl)c3)n2n1. The first-order valence-corrected chi connectivity index (χ1v) is 9.62. The van der Waals surface area contributed by atoms with Crippen molar-refractivity contribution in [3.63, 3.8) is 0 Å². The maximum Gasteiger partial charge on any atom is 0.251 e. The summed E-state index contributed by atoms with van der Waals surface area (Å²) in [4.78, 5) is 12.2. The Morgan fingerprint density at radius 2 is 2.11 bits per heavy atom. The normalized spacial score (nSPS) is 10.9. The molecule has 148 valence electrons. The molecule has 2 N–H and O–H groups in total. The highest BCUT2D eigenvalue weighted by atomic mass is 35.5. The van der Waals surface area contributed by atoms with E-state index < -0.39 is 0 Å². The zero-order valence-electron chi connectivity index (χ0n) is 15.7. The molecule has 0 aliphatic heterocycles. The highest BCUT2D eigenvalue weighted by Gasteiger charge is 2.10. The molecule has 3 aromatic rings. The average Bonchev–Trinajstić information content (AvgIpc) is 3.10. The summed E-state index contributed by atoms with van der Waals surface area (Å²) in [6, 6.07) is 10.6. The number of aromatic nitrogens is 4. The summed E-state index contributed by atoms with van der Waals surface area (Å²) in [5, 5.41) is 19.5. The number of anilines is 1. The Morgan fingerprint density at radius 1 is 1.21 bits per heavy atom. The maximum atomic E-state index is 12.2. The average molecular weight is 403 g/mol. The van der Waals surface area contributed by atoms with Crippen molar-refractivity contribution >= 4 is 29.0 Å². The van der Waals surface area contributed by atoms with Crippen LogP contribution in [0.1, 0.15) is 29.5 Å². The third-order valence-corrected chi connectivity index (χ3v) is 4.26. The molecule has 3 rings (SSSR count). The minimum atomic E-state index is -0.180. The van der Waals surface area contributed by atoms with Crippen LogP contribution in [0.4, 0.5) is 5.82 Å². The molecule has 1 amide bonds. The third kappa shape index (κ3) is 5.40. The van der Waals surface area contributed by atoms with Crippen LogP contribution < -0.4 is 10.6 Å². The lowest BCUT2D eigenvalue weighted by Crippen LogP contribution is -2.26. The van der Waals surface area contributed by atoms with Crippen molar-refractivity contribution < 1.29 is 9.53 Å². The Kier molecular flexibility index (Phi) is 7.16. The number of hydrogen-bond donors (Lipinski definition) is 2. The first-order valence-electron chi connectivity index (χ1n) is 9.24. The molecule has 2 aromatic heterocycles. The van der Waals surface area contributed by atoms with Gasteiger partial charge in [-0.25, -0.2) is 0 Å². The van der Waals surface area contributed by atoms with Crippen molar-refractivity contribution in [1.29, 1.82) is 0 Å². The number of benzene rings is 1. The number of fused-ring (bicyclic) bond motifs is 1. The number of nitrogens with zero attached hydrogens (tertiary/aromatic N) is 4. The van der Waals surface area contributed by atoms with Crippen molar-refractivity contribution in [3.05, 3.63) is 52.8 Å². The number of rotatable bonds is 10. The summed E-state index contributed by atoms with van der Waals surface area (Å²) < 4.78 is 7.01. The Balaban J connectivity index is 1.55. The number of amides is 1. The van der Waals surface area contributed by atoms with E-state index in [0.29, 0.717) is 35.0 Å². The van der Waals surface area contributed by atoms with Gasteiger partial charge in [-0.2, -0.15) is 4.52 Å². The van der Waals surface area contributed by atoms with Gasteiger partial charge in [-0.1, -0.05) is 17.7 Å². The van der Waals surface area contributed by atoms with E-state index in [9.17, 15) is 4.79 Å². The molecule has 0 bridgehead atoms. The fourth-order valence-electron chi connectivity index (χ4n) is 2.64. The monoisotopic (exact) mass is 402 g/mol. The summed E-state index contributed by atoms with van der Waals surface area (Å²) in [5.41, 5.74) is 1.19. The Hall–Kier alpha value is -2.71. The van der Waals surface area contributed by atoms with E-state index in [1.165, 1.54) is 0 Å². The van der Waals surface area contributed by atoms with Crippen LogP contribution in [0.25, 0.3) is 5.65 Å². The second-order valence-electron chi connectivity index (χ2n) is 6.10. The second kappa shape index (κ2) is 10.0.